The number of hydrogen-bond donors (Lipinski definition) is 1. The normalized spacial score (nSPS) is 18.2. The van der Waals surface area contributed by atoms with Crippen LogP contribution < -0.4 is 5.32 Å². The molecule has 2 rings (SSSR count). The largest absolute Gasteiger partial charge is 0.365 e. The van der Waals surface area contributed by atoms with E-state index >= 15 is 0 Å². The Balaban J connectivity index is 1.88. The molecule has 1 atom stereocenters. The number of hydrogen-bond acceptors (Lipinski definition) is 5. The van der Waals surface area contributed by atoms with Gasteiger partial charge in [0.1, 0.15) is 12.0 Å². The Morgan fingerprint density at radius 3 is 2.95 bits per heavy atom. The topological polar surface area (TPSA) is 88.4 Å². The summed E-state index contributed by atoms with van der Waals surface area (Å²) in [4.78, 5) is 27.8. The zero-order valence-electron chi connectivity index (χ0n) is 12.3. The lowest BCUT2D eigenvalue weighted by molar-refractivity contribution is -0.385. The van der Waals surface area contributed by atoms with E-state index in [9.17, 15) is 14.9 Å². The fourth-order valence-electron chi connectivity index (χ4n) is 2.22. The lowest BCUT2D eigenvalue weighted by Gasteiger charge is -2.15. The summed E-state index contributed by atoms with van der Waals surface area (Å²) in [5, 5.41) is 13.8. The summed E-state index contributed by atoms with van der Waals surface area (Å²) in [5.41, 5.74) is -0.0390. The predicted octanol–water partition coefficient (Wildman–Crippen LogP) is 2.13. The highest BCUT2D eigenvalue weighted by Gasteiger charge is 2.25. The second-order valence-electron chi connectivity index (χ2n) is 4.96. The van der Waals surface area contributed by atoms with Gasteiger partial charge in [0.2, 0.25) is 5.91 Å². The summed E-state index contributed by atoms with van der Waals surface area (Å²) in [6.07, 6.45) is 8.98. The maximum absolute atomic E-state index is 11.9. The minimum atomic E-state index is -0.482. The molecule has 22 heavy (non-hydrogen) atoms. The first kappa shape index (κ1) is 15.7. The maximum atomic E-state index is 11.9. The molecule has 0 aliphatic carbocycles. The van der Waals surface area contributed by atoms with Crippen LogP contribution in [0, 0.1) is 10.1 Å². The van der Waals surface area contributed by atoms with Crippen LogP contribution in [0.1, 0.15) is 13.3 Å². The zero-order chi connectivity index (χ0) is 15.9. The van der Waals surface area contributed by atoms with E-state index in [0.29, 0.717) is 18.9 Å². The number of aromatic nitrogens is 1. The molecule has 0 radical (unpaired) electrons. The summed E-state index contributed by atoms with van der Waals surface area (Å²) in [6.45, 7) is 3.17. The van der Waals surface area contributed by atoms with Gasteiger partial charge in [-0.25, -0.2) is 4.98 Å². The van der Waals surface area contributed by atoms with Gasteiger partial charge in [0, 0.05) is 31.3 Å². The smallest absolute Gasteiger partial charge is 0.287 e. The number of allylic oxidation sites excluding steroid dienone is 3. The van der Waals surface area contributed by atoms with Crippen LogP contribution in [0.3, 0.4) is 0 Å². The van der Waals surface area contributed by atoms with Crippen molar-refractivity contribution in [2.75, 3.05) is 18.4 Å². The van der Waals surface area contributed by atoms with E-state index in [-0.39, 0.29) is 17.6 Å². The van der Waals surface area contributed by atoms with E-state index in [4.69, 9.17) is 0 Å². The molecule has 116 valence electrons. The second kappa shape index (κ2) is 7.35. The van der Waals surface area contributed by atoms with Crippen LogP contribution >= 0.6 is 0 Å². The van der Waals surface area contributed by atoms with Gasteiger partial charge in [0.25, 0.3) is 5.69 Å². The first-order valence-corrected chi connectivity index (χ1v) is 7.05. The SMILES string of the molecule is CC=CC=CC(=O)N1CCC(Nc2ccc([N+](=O)[O-])cn2)C1. The number of nitrogens with zero attached hydrogens (tertiary/aromatic N) is 3. The molecule has 0 saturated carbocycles. The Morgan fingerprint density at radius 2 is 2.32 bits per heavy atom. The van der Waals surface area contributed by atoms with Crippen molar-refractivity contribution in [1.29, 1.82) is 0 Å². The highest BCUT2D eigenvalue weighted by molar-refractivity contribution is 5.88. The average molecular weight is 302 g/mol. The molecule has 1 unspecified atom stereocenters. The van der Waals surface area contributed by atoms with Gasteiger partial charge in [-0.15, -0.1) is 0 Å². The molecule has 0 bridgehead atoms. The van der Waals surface area contributed by atoms with Crippen molar-refractivity contribution in [2.45, 2.75) is 19.4 Å². The Labute approximate surface area is 128 Å². The number of carbonyl (C=O) groups excluding carboxylic acids is 1. The van der Waals surface area contributed by atoms with Gasteiger partial charge in [0.15, 0.2) is 0 Å². The second-order valence-corrected chi connectivity index (χ2v) is 4.96. The standard InChI is InChI=1S/C15H18N4O3/c1-2-3-4-5-15(20)18-9-8-12(11-18)17-14-7-6-13(10-16-14)19(21)22/h2-7,10,12H,8-9,11H2,1H3,(H,16,17). The van der Waals surface area contributed by atoms with E-state index in [2.05, 4.69) is 10.3 Å². The molecule has 2 heterocycles. The van der Waals surface area contributed by atoms with Crippen LogP contribution in [-0.2, 0) is 4.79 Å². The van der Waals surface area contributed by atoms with E-state index in [1.807, 2.05) is 19.1 Å². The summed E-state index contributed by atoms with van der Waals surface area (Å²) in [6, 6.07) is 3.09. The summed E-state index contributed by atoms with van der Waals surface area (Å²) in [5.74, 6) is 0.563. The van der Waals surface area contributed by atoms with Gasteiger partial charge >= 0.3 is 0 Å². The third kappa shape index (κ3) is 4.15. The van der Waals surface area contributed by atoms with Crippen molar-refractivity contribution in [3.8, 4) is 0 Å². The monoisotopic (exact) mass is 302 g/mol. The highest BCUT2D eigenvalue weighted by Crippen LogP contribution is 2.17. The minimum Gasteiger partial charge on any atom is -0.365 e. The molecule has 1 aliphatic heterocycles. The van der Waals surface area contributed by atoms with Gasteiger partial charge in [-0.1, -0.05) is 18.2 Å². The van der Waals surface area contributed by atoms with Crippen LogP contribution in [0.5, 0.6) is 0 Å². The number of rotatable bonds is 5. The van der Waals surface area contributed by atoms with E-state index in [1.165, 1.54) is 12.3 Å². The predicted molar refractivity (Wildman–Crippen MR) is 83.5 cm³/mol. The molecule has 1 amide bonds. The summed E-state index contributed by atoms with van der Waals surface area (Å²) < 4.78 is 0. The van der Waals surface area contributed by atoms with E-state index in [1.54, 1.807) is 23.1 Å². The van der Waals surface area contributed by atoms with Crippen molar-refractivity contribution in [3.63, 3.8) is 0 Å². The van der Waals surface area contributed by atoms with Crippen molar-refractivity contribution in [3.05, 3.63) is 52.7 Å². The van der Waals surface area contributed by atoms with Gasteiger partial charge in [-0.3, -0.25) is 14.9 Å². The Morgan fingerprint density at radius 1 is 1.50 bits per heavy atom. The van der Waals surface area contributed by atoms with E-state index in [0.717, 1.165) is 6.42 Å². The molecule has 1 N–H and O–H groups in total. The van der Waals surface area contributed by atoms with Gasteiger partial charge in [-0.2, -0.15) is 0 Å². The van der Waals surface area contributed by atoms with E-state index < -0.39 is 4.92 Å². The van der Waals surface area contributed by atoms with Crippen molar-refractivity contribution in [1.82, 2.24) is 9.88 Å². The first-order chi connectivity index (χ1) is 10.6. The number of nitrogens with one attached hydrogen (secondary N) is 1. The summed E-state index contributed by atoms with van der Waals surface area (Å²) >= 11 is 0. The molecule has 1 aromatic rings. The lowest BCUT2D eigenvalue weighted by atomic mass is 10.2. The third-order valence-corrected chi connectivity index (χ3v) is 3.35. The van der Waals surface area contributed by atoms with Crippen LogP contribution in [0.4, 0.5) is 11.5 Å². The molecule has 0 aromatic carbocycles. The van der Waals surface area contributed by atoms with Gasteiger partial charge in [0.05, 0.1) is 4.92 Å². The number of likely N-dealkylation sites (tertiary alicyclic amines) is 1. The molecule has 1 aliphatic rings. The molecule has 7 nitrogen and oxygen atoms in total. The first-order valence-electron chi connectivity index (χ1n) is 7.05. The fourth-order valence-corrected chi connectivity index (χ4v) is 2.22. The zero-order valence-corrected chi connectivity index (χ0v) is 12.3. The lowest BCUT2D eigenvalue weighted by Crippen LogP contribution is -2.30. The maximum Gasteiger partial charge on any atom is 0.287 e. The number of anilines is 1. The van der Waals surface area contributed by atoms with Crippen molar-refractivity contribution < 1.29 is 9.72 Å². The molecule has 1 fully saturated rings. The Bertz CT molecular complexity index is 595. The Kier molecular flexibility index (Phi) is 5.24. The molecular weight excluding hydrogens is 284 g/mol. The van der Waals surface area contributed by atoms with Crippen LogP contribution in [-0.4, -0.2) is 39.8 Å². The molecule has 1 saturated heterocycles. The molecular formula is C15H18N4O3. The number of nitro groups is 1. The molecule has 1 aromatic heterocycles. The quantitative estimate of drug-likeness (QED) is 0.389. The number of amides is 1. The Hall–Kier alpha value is -2.70. The summed E-state index contributed by atoms with van der Waals surface area (Å²) in [7, 11) is 0. The molecule has 0 spiro atoms. The van der Waals surface area contributed by atoms with Crippen LogP contribution in [0.2, 0.25) is 0 Å². The van der Waals surface area contributed by atoms with Gasteiger partial charge in [-0.05, 0) is 19.4 Å². The van der Waals surface area contributed by atoms with Crippen molar-refractivity contribution >= 4 is 17.4 Å². The third-order valence-electron chi connectivity index (χ3n) is 3.35. The number of pyridine rings is 1. The minimum absolute atomic E-state index is 0.0148. The van der Waals surface area contributed by atoms with Crippen molar-refractivity contribution in [2.24, 2.45) is 0 Å². The fraction of sp³-hybridized carbons (Fsp3) is 0.333. The van der Waals surface area contributed by atoms with Crippen LogP contribution in [0.15, 0.2) is 42.6 Å². The highest BCUT2D eigenvalue weighted by atomic mass is 16.6. The molecule has 7 heteroatoms. The van der Waals surface area contributed by atoms with Crippen LogP contribution in [0.25, 0.3) is 0 Å². The van der Waals surface area contributed by atoms with Gasteiger partial charge < -0.3 is 10.2 Å². The average Bonchev–Trinajstić information content (AvgIpc) is 2.96. The number of carbonyl (C=O) groups is 1.